The van der Waals surface area contributed by atoms with Crippen molar-refractivity contribution in [1.29, 1.82) is 0 Å². The maximum Gasteiger partial charge on any atom is 0.222 e. The topological polar surface area (TPSA) is 47.9 Å². The van der Waals surface area contributed by atoms with E-state index in [9.17, 15) is 0 Å². The van der Waals surface area contributed by atoms with Crippen LogP contribution in [0.4, 0.5) is 0 Å². The SMILES string of the molecule is CCOc1ccc(-c2ccnc(Cl)n2)cn1. The molecule has 2 heterocycles. The van der Waals surface area contributed by atoms with Crippen LogP contribution >= 0.6 is 11.6 Å². The van der Waals surface area contributed by atoms with Crippen LogP contribution < -0.4 is 4.74 Å². The average molecular weight is 236 g/mol. The van der Waals surface area contributed by atoms with Crippen molar-refractivity contribution in [3.05, 3.63) is 35.9 Å². The predicted molar refractivity (Wildman–Crippen MR) is 61.4 cm³/mol. The molecule has 0 saturated carbocycles. The van der Waals surface area contributed by atoms with Gasteiger partial charge in [-0.1, -0.05) is 0 Å². The molecule has 0 radical (unpaired) electrons. The highest BCUT2D eigenvalue weighted by atomic mass is 35.5. The van der Waals surface area contributed by atoms with Crippen LogP contribution in [0.5, 0.6) is 5.88 Å². The Hall–Kier alpha value is -1.68. The van der Waals surface area contributed by atoms with Gasteiger partial charge in [-0.25, -0.2) is 15.0 Å². The third kappa shape index (κ3) is 2.46. The van der Waals surface area contributed by atoms with E-state index in [0.717, 1.165) is 11.3 Å². The number of halogens is 1. The van der Waals surface area contributed by atoms with E-state index in [0.29, 0.717) is 12.5 Å². The first-order valence-corrected chi connectivity index (χ1v) is 5.25. The van der Waals surface area contributed by atoms with Crippen LogP contribution in [0.3, 0.4) is 0 Å². The third-order valence-corrected chi connectivity index (χ3v) is 2.13. The van der Waals surface area contributed by atoms with E-state index in [-0.39, 0.29) is 5.28 Å². The van der Waals surface area contributed by atoms with Gasteiger partial charge in [-0.15, -0.1) is 0 Å². The zero-order chi connectivity index (χ0) is 11.4. The van der Waals surface area contributed by atoms with E-state index in [1.165, 1.54) is 0 Å². The molecule has 0 aromatic carbocycles. The zero-order valence-corrected chi connectivity index (χ0v) is 9.48. The highest BCUT2D eigenvalue weighted by Gasteiger charge is 2.01. The van der Waals surface area contributed by atoms with Crippen molar-refractivity contribution in [1.82, 2.24) is 15.0 Å². The first-order chi connectivity index (χ1) is 7.79. The molecular weight excluding hydrogens is 226 g/mol. The molecule has 0 atom stereocenters. The molecule has 2 rings (SSSR count). The quantitative estimate of drug-likeness (QED) is 0.768. The summed E-state index contributed by atoms with van der Waals surface area (Å²) >= 11 is 5.71. The van der Waals surface area contributed by atoms with E-state index >= 15 is 0 Å². The summed E-state index contributed by atoms with van der Waals surface area (Å²) in [5.74, 6) is 0.603. The lowest BCUT2D eigenvalue weighted by Gasteiger charge is -2.03. The normalized spacial score (nSPS) is 10.1. The van der Waals surface area contributed by atoms with Crippen molar-refractivity contribution in [3.63, 3.8) is 0 Å². The van der Waals surface area contributed by atoms with Gasteiger partial charge in [-0.05, 0) is 30.7 Å². The van der Waals surface area contributed by atoms with E-state index in [2.05, 4.69) is 15.0 Å². The van der Waals surface area contributed by atoms with Gasteiger partial charge in [0.15, 0.2) is 0 Å². The molecule has 4 nitrogen and oxygen atoms in total. The number of hydrogen-bond donors (Lipinski definition) is 0. The summed E-state index contributed by atoms with van der Waals surface area (Å²) in [5.41, 5.74) is 1.63. The molecule has 0 aliphatic heterocycles. The van der Waals surface area contributed by atoms with Crippen molar-refractivity contribution < 1.29 is 4.74 Å². The van der Waals surface area contributed by atoms with E-state index in [1.54, 1.807) is 24.5 Å². The third-order valence-electron chi connectivity index (χ3n) is 1.95. The second-order valence-electron chi connectivity index (χ2n) is 3.03. The summed E-state index contributed by atoms with van der Waals surface area (Å²) in [6.45, 7) is 2.52. The summed E-state index contributed by atoms with van der Waals surface area (Å²) in [5, 5.41) is 0.228. The van der Waals surface area contributed by atoms with Crippen LogP contribution in [0.2, 0.25) is 5.28 Å². The van der Waals surface area contributed by atoms with Gasteiger partial charge in [0.1, 0.15) is 0 Å². The second kappa shape index (κ2) is 4.90. The van der Waals surface area contributed by atoms with Gasteiger partial charge in [0, 0.05) is 24.0 Å². The van der Waals surface area contributed by atoms with E-state index in [1.807, 2.05) is 13.0 Å². The second-order valence-corrected chi connectivity index (χ2v) is 3.37. The Bertz CT molecular complexity index is 473. The summed E-state index contributed by atoms with van der Waals surface area (Å²) in [6, 6.07) is 5.47. The lowest BCUT2D eigenvalue weighted by Crippen LogP contribution is -1.94. The monoisotopic (exact) mass is 235 g/mol. The van der Waals surface area contributed by atoms with Crippen LogP contribution in [0, 0.1) is 0 Å². The summed E-state index contributed by atoms with van der Waals surface area (Å²) < 4.78 is 5.25. The molecule has 0 fully saturated rings. The predicted octanol–water partition coefficient (Wildman–Crippen LogP) is 2.59. The molecule has 82 valence electrons. The fourth-order valence-corrected chi connectivity index (χ4v) is 1.41. The van der Waals surface area contributed by atoms with Gasteiger partial charge in [-0.2, -0.15) is 0 Å². The maximum atomic E-state index is 5.71. The lowest BCUT2D eigenvalue weighted by molar-refractivity contribution is 0.327. The highest BCUT2D eigenvalue weighted by Crippen LogP contribution is 2.18. The van der Waals surface area contributed by atoms with Crippen molar-refractivity contribution in [2.45, 2.75) is 6.92 Å². The van der Waals surface area contributed by atoms with Gasteiger partial charge >= 0.3 is 0 Å². The molecule has 0 N–H and O–H groups in total. The Kier molecular flexibility index (Phi) is 3.31. The standard InChI is InChI=1S/C11H10ClN3O/c1-2-16-10-4-3-8(7-14-10)9-5-6-13-11(12)15-9/h3-7H,2H2,1H3. The van der Waals surface area contributed by atoms with Gasteiger partial charge in [0.05, 0.1) is 12.3 Å². The minimum absolute atomic E-state index is 0.228. The molecule has 5 heteroatoms. The molecule has 0 saturated heterocycles. The molecule has 0 amide bonds. The van der Waals surface area contributed by atoms with Gasteiger partial charge in [0.25, 0.3) is 0 Å². The van der Waals surface area contributed by atoms with Gasteiger partial charge in [-0.3, -0.25) is 0 Å². The molecule has 2 aromatic rings. The Balaban J connectivity index is 2.27. The Morgan fingerprint density at radius 2 is 2.12 bits per heavy atom. The summed E-state index contributed by atoms with van der Waals surface area (Å²) in [6.07, 6.45) is 3.31. The zero-order valence-electron chi connectivity index (χ0n) is 8.72. The Labute approximate surface area is 98.3 Å². The van der Waals surface area contributed by atoms with Crippen LogP contribution in [0.25, 0.3) is 11.3 Å². The molecule has 0 aliphatic rings. The highest BCUT2D eigenvalue weighted by molar-refractivity contribution is 6.28. The van der Waals surface area contributed by atoms with Crippen LogP contribution in [-0.4, -0.2) is 21.6 Å². The van der Waals surface area contributed by atoms with Crippen molar-refractivity contribution in [3.8, 4) is 17.1 Å². The van der Waals surface area contributed by atoms with E-state index < -0.39 is 0 Å². The molecule has 0 spiro atoms. The number of pyridine rings is 1. The smallest absolute Gasteiger partial charge is 0.222 e. The largest absolute Gasteiger partial charge is 0.478 e. The molecule has 0 bridgehead atoms. The van der Waals surface area contributed by atoms with Crippen molar-refractivity contribution >= 4 is 11.6 Å². The van der Waals surface area contributed by atoms with Crippen LogP contribution in [0.1, 0.15) is 6.92 Å². The molecule has 0 aliphatic carbocycles. The number of aromatic nitrogens is 3. The first-order valence-electron chi connectivity index (χ1n) is 4.87. The fraction of sp³-hybridized carbons (Fsp3) is 0.182. The number of hydrogen-bond acceptors (Lipinski definition) is 4. The number of nitrogens with zero attached hydrogens (tertiary/aromatic N) is 3. The molecule has 2 aromatic heterocycles. The van der Waals surface area contributed by atoms with Gasteiger partial charge in [0.2, 0.25) is 11.2 Å². The Morgan fingerprint density at radius 1 is 1.25 bits per heavy atom. The average Bonchev–Trinajstić information content (AvgIpc) is 2.30. The molecular formula is C11H10ClN3O. The number of ether oxygens (including phenoxy) is 1. The number of rotatable bonds is 3. The van der Waals surface area contributed by atoms with Gasteiger partial charge < -0.3 is 4.74 Å². The summed E-state index contributed by atoms with van der Waals surface area (Å²) in [4.78, 5) is 12.1. The minimum Gasteiger partial charge on any atom is -0.478 e. The van der Waals surface area contributed by atoms with Crippen molar-refractivity contribution in [2.75, 3.05) is 6.61 Å². The van der Waals surface area contributed by atoms with Crippen LogP contribution in [0.15, 0.2) is 30.6 Å². The van der Waals surface area contributed by atoms with E-state index in [4.69, 9.17) is 16.3 Å². The Morgan fingerprint density at radius 3 is 2.75 bits per heavy atom. The molecule has 16 heavy (non-hydrogen) atoms. The first kappa shape index (κ1) is 10.8. The lowest BCUT2D eigenvalue weighted by atomic mass is 10.2. The summed E-state index contributed by atoms with van der Waals surface area (Å²) in [7, 11) is 0. The fourth-order valence-electron chi connectivity index (χ4n) is 1.26. The maximum absolute atomic E-state index is 5.71. The molecule has 0 unspecified atom stereocenters. The van der Waals surface area contributed by atoms with Crippen molar-refractivity contribution in [2.24, 2.45) is 0 Å². The van der Waals surface area contributed by atoms with Crippen LogP contribution in [-0.2, 0) is 0 Å². The minimum atomic E-state index is 0.228.